The van der Waals surface area contributed by atoms with Gasteiger partial charge in [-0.2, -0.15) is 0 Å². The second-order valence-corrected chi connectivity index (χ2v) is 8.50. The van der Waals surface area contributed by atoms with Crippen molar-refractivity contribution < 1.29 is 5.11 Å². The molecule has 3 aromatic heterocycles. The lowest BCUT2D eigenvalue weighted by Gasteiger charge is -2.30. The molecule has 4 aromatic rings. The maximum absolute atomic E-state index is 10.8. The normalized spacial score (nSPS) is 18.3. The smallest absolute Gasteiger partial charge is 0.183 e. The van der Waals surface area contributed by atoms with Crippen molar-refractivity contribution in [3.05, 3.63) is 35.5 Å². The van der Waals surface area contributed by atoms with Crippen LogP contribution in [-0.2, 0) is 6.42 Å². The van der Waals surface area contributed by atoms with Crippen LogP contribution in [0.25, 0.3) is 32.5 Å². The number of thiophene rings is 1. The number of benzene rings is 1. The van der Waals surface area contributed by atoms with Gasteiger partial charge in [-0.3, -0.25) is 0 Å². The van der Waals surface area contributed by atoms with E-state index in [0.29, 0.717) is 6.04 Å². The maximum Gasteiger partial charge on any atom is 0.183 e. The van der Waals surface area contributed by atoms with E-state index in [1.807, 2.05) is 29.9 Å². The molecule has 0 saturated carbocycles. The summed E-state index contributed by atoms with van der Waals surface area (Å²) >= 11 is 1.62. The minimum absolute atomic E-state index is 0.274. The molecule has 5 rings (SSSR count). The van der Waals surface area contributed by atoms with Gasteiger partial charge < -0.3 is 14.6 Å². The highest BCUT2D eigenvalue weighted by Gasteiger charge is 2.24. The second-order valence-electron chi connectivity index (χ2n) is 7.56. The first-order valence-corrected chi connectivity index (χ1v) is 10.7. The van der Waals surface area contributed by atoms with Gasteiger partial charge in [-0.05, 0) is 56.4 Å². The fourth-order valence-electron chi connectivity index (χ4n) is 4.34. The van der Waals surface area contributed by atoms with E-state index in [4.69, 9.17) is 4.98 Å². The summed E-state index contributed by atoms with van der Waals surface area (Å²) in [5.74, 6) is 0.274. The number of hydrogen-bond donors (Lipinski definition) is 1. The first kappa shape index (κ1) is 17.6. The van der Waals surface area contributed by atoms with Crippen LogP contribution in [0, 0.1) is 0 Å². The van der Waals surface area contributed by atoms with Gasteiger partial charge in [0.15, 0.2) is 5.65 Å². The van der Waals surface area contributed by atoms with Gasteiger partial charge in [0, 0.05) is 33.8 Å². The van der Waals surface area contributed by atoms with Crippen LogP contribution in [0.4, 0.5) is 0 Å². The largest absolute Gasteiger partial charge is 0.507 e. The lowest BCUT2D eigenvalue weighted by Crippen LogP contribution is -2.33. The molecule has 0 aliphatic carbocycles. The van der Waals surface area contributed by atoms with Crippen LogP contribution in [-0.4, -0.2) is 49.9 Å². The number of likely N-dealkylation sites (N-methyl/N-ethyl adjacent to an activating group) is 1. The fraction of sp³-hybridized carbons (Fsp3) is 0.381. The number of aromatic nitrogens is 4. The summed E-state index contributed by atoms with van der Waals surface area (Å²) in [4.78, 5) is 7.08. The Hall–Kier alpha value is -2.51. The topological polar surface area (TPSA) is 67.1 Å². The van der Waals surface area contributed by atoms with Crippen molar-refractivity contribution in [2.75, 3.05) is 20.1 Å². The Morgan fingerprint density at radius 2 is 2.14 bits per heavy atom. The molecule has 4 heterocycles. The predicted octanol–water partition coefficient (Wildman–Crippen LogP) is 4.24. The van der Waals surface area contributed by atoms with Crippen molar-refractivity contribution in [1.29, 1.82) is 0 Å². The molecule has 1 aliphatic rings. The molecule has 144 valence electrons. The third-order valence-electron chi connectivity index (χ3n) is 5.79. The van der Waals surface area contributed by atoms with Gasteiger partial charge in [-0.1, -0.05) is 6.92 Å². The molecule has 6 nitrogen and oxygen atoms in total. The first-order valence-electron chi connectivity index (χ1n) is 9.77. The van der Waals surface area contributed by atoms with E-state index < -0.39 is 0 Å². The van der Waals surface area contributed by atoms with Crippen molar-refractivity contribution in [3.63, 3.8) is 0 Å². The van der Waals surface area contributed by atoms with Gasteiger partial charge in [0.2, 0.25) is 0 Å². The molecule has 1 fully saturated rings. The molecule has 0 spiro atoms. The molecule has 1 aliphatic heterocycles. The summed E-state index contributed by atoms with van der Waals surface area (Å²) in [6.07, 6.45) is 5.01. The van der Waals surface area contributed by atoms with E-state index in [1.165, 1.54) is 6.42 Å². The van der Waals surface area contributed by atoms with Gasteiger partial charge in [-0.15, -0.1) is 21.5 Å². The Morgan fingerprint density at radius 3 is 2.96 bits per heavy atom. The Kier molecular flexibility index (Phi) is 4.29. The molecule has 1 aromatic carbocycles. The summed E-state index contributed by atoms with van der Waals surface area (Å²) < 4.78 is 3.25. The van der Waals surface area contributed by atoms with E-state index in [0.717, 1.165) is 64.0 Å². The lowest BCUT2D eigenvalue weighted by atomic mass is 10.0. The Balaban J connectivity index is 1.65. The minimum Gasteiger partial charge on any atom is -0.507 e. The summed E-state index contributed by atoms with van der Waals surface area (Å²) in [7, 11) is 2.16. The van der Waals surface area contributed by atoms with E-state index in [2.05, 4.69) is 33.6 Å². The Morgan fingerprint density at radius 1 is 1.25 bits per heavy atom. The number of imidazole rings is 1. The molecule has 1 atom stereocenters. The lowest BCUT2D eigenvalue weighted by molar-refractivity contribution is 0.214. The number of hydrogen-bond acceptors (Lipinski definition) is 6. The summed E-state index contributed by atoms with van der Waals surface area (Å²) in [5.41, 5.74) is 4.23. The Labute approximate surface area is 167 Å². The van der Waals surface area contributed by atoms with Gasteiger partial charge in [0.1, 0.15) is 17.0 Å². The number of piperidine rings is 1. The minimum atomic E-state index is 0.274. The van der Waals surface area contributed by atoms with Crippen LogP contribution >= 0.6 is 11.3 Å². The van der Waals surface area contributed by atoms with Gasteiger partial charge in [-0.25, -0.2) is 4.98 Å². The summed E-state index contributed by atoms with van der Waals surface area (Å²) in [6.45, 7) is 4.25. The van der Waals surface area contributed by atoms with Crippen LogP contribution in [0.15, 0.2) is 29.9 Å². The molecular formula is C21H23N5OS. The van der Waals surface area contributed by atoms with E-state index in [9.17, 15) is 5.11 Å². The van der Waals surface area contributed by atoms with E-state index in [-0.39, 0.29) is 5.75 Å². The van der Waals surface area contributed by atoms with Crippen molar-refractivity contribution in [1.82, 2.24) is 24.6 Å². The number of nitrogens with zero attached hydrogens (tertiary/aromatic N) is 5. The van der Waals surface area contributed by atoms with Crippen LogP contribution < -0.4 is 0 Å². The van der Waals surface area contributed by atoms with E-state index in [1.54, 1.807) is 11.3 Å². The number of aryl methyl sites for hydroxylation is 1. The molecule has 0 unspecified atom stereocenters. The first-order chi connectivity index (χ1) is 13.7. The highest BCUT2D eigenvalue weighted by Crippen LogP contribution is 2.39. The summed E-state index contributed by atoms with van der Waals surface area (Å²) in [5, 5.41) is 22.8. The monoisotopic (exact) mass is 393 g/mol. The zero-order chi connectivity index (χ0) is 19.3. The van der Waals surface area contributed by atoms with Crippen molar-refractivity contribution >= 4 is 32.6 Å². The average Bonchev–Trinajstić information content (AvgIpc) is 3.35. The molecule has 7 heteroatoms. The molecular weight excluding hydrogens is 370 g/mol. The van der Waals surface area contributed by atoms with Crippen LogP contribution in [0.3, 0.4) is 0 Å². The van der Waals surface area contributed by atoms with Crippen LogP contribution in [0.5, 0.6) is 5.75 Å². The molecule has 0 amide bonds. The van der Waals surface area contributed by atoms with Crippen LogP contribution in [0.2, 0.25) is 0 Å². The fourth-order valence-corrected chi connectivity index (χ4v) is 5.13. The molecule has 28 heavy (non-hydrogen) atoms. The van der Waals surface area contributed by atoms with E-state index >= 15 is 0 Å². The molecule has 1 N–H and O–H groups in total. The number of aromatic hydroxyl groups is 1. The zero-order valence-corrected chi connectivity index (χ0v) is 16.9. The number of phenolic OH excluding ortho intramolecular Hbond substituents is 1. The van der Waals surface area contributed by atoms with Crippen molar-refractivity contribution in [3.8, 4) is 17.0 Å². The SMILES string of the molecule is CCc1c(-c2ccc3sccc3c2O)nnc2c1ncn2[C@@H]1CCCN(C)C1. The molecule has 0 radical (unpaired) electrons. The Bertz CT molecular complexity index is 1160. The van der Waals surface area contributed by atoms with Gasteiger partial charge >= 0.3 is 0 Å². The third kappa shape index (κ3) is 2.69. The summed E-state index contributed by atoms with van der Waals surface area (Å²) in [6, 6.07) is 6.31. The predicted molar refractivity (Wildman–Crippen MR) is 113 cm³/mol. The highest BCUT2D eigenvalue weighted by atomic mass is 32.1. The number of rotatable bonds is 3. The number of fused-ring (bicyclic) bond motifs is 2. The molecule has 0 bridgehead atoms. The second kappa shape index (κ2) is 6.83. The zero-order valence-electron chi connectivity index (χ0n) is 16.1. The van der Waals surface area contributed by atoms with Gasteiger partial charge in [0.25, 0.3) is 0 Å². The maximum atomic E-state index is 10.8. The highest BCUT2D eigenvalue weighted by molar-refractivity contribution is 7.17. The molecule has 1 saturated heterocycles. The van der Waals surface area contributed by atoms with Crippen LogP contribution in [0.1, 0.15) is 31.4 Å². The quantitative estimate of drug-likeness (QED) is 0.564. The number of phenols is 1. The standard InChI is InChI=1S/C21H23N5OS/c1-3-14-18(16-6-7-17-15(20(16)27)8-10-28-17)23-24-21-19(14)22-12-26(21)13-5-4-9-25(2)11-13/h6-8,10,12-13,27H,3-5,9,11H2,1-2H3/t13-/m1/s1. The third-order valence-corrected chi connectivity index (χ3v) is 6.67. The van der Waals surface area contributed by atoms with Crippen molar-refractivity contribution in [2.45, 2.75) is 32.2 Å². The van der Waals surface area contributed by atoms with Crippen molar-refractivity contribution in [2.24, 2.45) is 0 Å². The average molecular weight is 394 g/mol. The number of likely N-dealkylation sites (tertiary alicyclic amines) is 1. The van der Waals surface area contributed by atoms with Gasteiger partial charge in [0.05, 0.1) is 6.33 Å².